The van der Waals surface area contributed by atoms with E-state index in [1.807, 2.05) is 30.5 Å². The number of rotatable bonds is 7. The van der Waals surface area contributed by atoms with Crippen LogP contribution in [0.25, 0.3) is 55.8 Å². The molecule has 0 aliphatic carbocycles. The molecule has 0 amide bonds. The summed E-state index contributed by atoms with van der Waals surface area (Å²) in [6.07, 6.45) is 6.22. The molecule has 4 heterocycles. The first-order valence-electron chi connectivity index (χ1n) is 19.4. The van der Waals surface area contributed by atoms with E-state index in [-0.39, 0.29) is 6.04 Å². The number of benzene rings is 7. The average Bonchev–Trinajstić information content (AvgIpc) is 3.87. The molecule has 0 radical (unpaired) electrons. The van der Waals surface area contributed by atoms with Crippen LogP contribution < -0.4 is 15.5 Å². The molecule has 0 spiro atoms. The summed E-state index contributed by atoms with van der Waals surface area (Å²) >= 11 is 0. The quantitative estimate of drug-likeness (QED) is 0.171. The highest BCUT2D eigenvalue weighted by molar-refractivity contribution is 5.94. The van der Waals surface area contributed by atoms with Gasteiger partial charge in [-0.05, 0) is 88.6 Å². The summed E-state index contributed by atoms with van der Waals surface area (Å²) in [6, 6.07) is 62.2. The van der Waals surface area contributed by atoms with Crippen molar-refractivity contribution in [3.05, 3.63) is 222 Å². The molecule has 5 nitrogen and oxygen atoms in total. The molecule has 1 unspecified atom stereocenters. The molecule has 272 valence electrons. The van der Waals surface area contributed by atoms with Crippen LogP contribution in [0, 0.1) is 0 Å². The monoisotopic (exact) mass is 735 g/mol. The van der Waals surface area contributed by atoms with Gasteiger partial charge in [0.1, 0.15) is 28.7 Å². The van der Waals surface area contributed by atoms with Gasteiger partial charge in [0.25, 0.3) is 0 Å². The van der Waals surface area contributed by atoms with Crippen LogP contribution in [0.2, 0.25) is 0 Å². The average molecular weight is 736 g/mol. The summed E-state index contributed by atoms with van der Waals surface area (Å²) in [4.78, 5) is 2.37. The second-order valence-electron chi connectivity index (χ2n) is 14.6. The van der Waals surface area contributed by atoms with E-state index in [0.717, 1.165) is 90.5 Å². The van der Waals surface area contributed by atoms with Crippen molar-refractivity contribution in [1.29, 1.82) is 0 Å². The maximum atomic E-state index is 6.45. The van der Waals surface area contributed by atoms with Gasteiger partial charge in [-0.15, -0.1) is 0 Å². The molecule has 1 atom stereocenters. The number of hydrogen-bond donors (Lipinski definition) is 2. The fraction of sp³-hybridized carbons (Fsp3) is 0.0385. The normalized spacial score (nSPS) is 14.4. The maximum absolute atomic E-state index is 6.45. The molecule has 2 aliphatic rings. The van der Waals surface area contributed by atoms with Gasteiger partial charge in [-0.3, -0.25) is 0 Å². The lowest BCUT2D eigenvalue weighted by Crippen LogP contribution is -2.20. The molecular weight excluding hydrogens is 699 g/mol. The van der Waals surface area contributed by atoms with Crippen molar-refractivity contribution in [1.82, 2.24) is 10.6 Å². The van der Waals surface area contributed by atoms with Crippen LogP contribution in [0.1, 0.15) is 39.8 Å². The zero-order chi connectivity index (χ0) is 37.7. The SMILES string of the molecule is C1=Cc2c(oc3ccccc23)C(c2ccc(N(c3ccc(C4=CNCc5c4oc4ccccc54)cc3)c3ccc(-c4ccccc4)cc3-c3ccccc3)cc2)N1. The second-order valence-corrected chi connectivity index (χ2v) is 14.6. The molecule has 2 aromatic heterocycles. The summed E-state index contributed by atoms with van der Waals surface area (Å²) in [5.74, 6) is 1.86. The van der Waals surface area contributed by atoms with E-state index in [4.69, 9.17) is 8.83 Å². The number of furan rings is 2. The fourth-order valence-electron chi connectivity index (χ4n) is 8.47. The minimum Gasteiger partial charge on any atom is -0.458 e. The van der Waals surface area contributed by atoms with E-state index in [2.05, 4.69) is 179 Å². The summed E-state index contributed by atoms with van der Waals surface area (Å²) in [7, 11) is 0. The minimum absolute atomic E-state index is 0.107. The molecule has 0 fully saturated rings. The Kier molecular flexibility index (Phi) is 7.88. The van der Waals surface area contributed by atoms with E-state index in [1.54, 1.807) is 0 Å². The van der Waals surface area contributed by atoms with Gasteiger partial charge in [-0.25, -0.2) is 0 Å². The third-order valence-corrected chi connectivity index (χ3v) is 11.3. The number of nitrogens with zero attached hydrogens (tertiary/aromatic N) is 1. The Morgan fingerprint density at radius 3 is 1.93 bits per heavy atom. The Hall–Kier alpha value is -7.50. The first-order valence-corrected chi connectivity index (χ1v) is 19.4. The van der Waals surface area contributed by atoms with Gasteiger partial charge < -0.3 is 24.4 Å². The van der Waals surface area contributed by atoms with Crippen LogP contribution in [0.5, 0.6) is 0 Å². The van der Waals surface area contributed by atoms with Crippen LogP contribution in [-0.4, -0.2) is 0 Å². The predicted molar refractivity (Wildman–Crippen MR) is 232 cm³/mol. The van der Waals surface area contributed by atoms with E-state index < -0.39 is 0 Å². The van der Waals surface area contributed by atoms with Gasteiger partial charge >= 0.3 is 0 Å². The highest BCUT2D eigenvalue weighted by atomic mass is 16.3. The zero-order valence-electron chi connectivity index (χ0n) is 31.0. The molecule has 5 heteroatoms. The van der Waals surface area contributed by atoms with E-state index in [9.17, 15) is 0 Å². The number of hydrogen-bond acceptors (Lipinski definition) is 5. The minimum atomic E-state index is -0.107. The molecule has 7 aromatic carbocycles. The lowest BCUT2D eigenvalue weighted by Gasteiger charge is -2.29. The van der Waals surface area contributed by atoms with Crippen molar-refractivity contribution >= 4 is 50.6 Å². The van der Waals surface area contributed by atoms with Crippen molar-refractivity contribution in [2.75, 3.05) is 4.90 Å². The maximum Gasteiger partial charge on any atom is 0.142 e. The lowest BCUT2D eigenvalue weighted by atomic mass is 9.95. The van der Waals surface area contributed by atoms with Gasteiger partial charge in [0.15, 0.2) is 0 Å². The molecular formula is C52H37N3O2. The highest BCUT2D eigenvalue weighted by Crippen LogP contribution is 2.45. The van der Waals surface area contributed by atoms with Crippen molar-refractivity contribution in [3.8, 4) is 22.3 Å². The molecule has 2 N–H and O–H groups in total. The summed E-state index contributed by atoms with van der Waals surface area (Å²) in [5, 5.41) is 9.35. The first-order chi connectivity index (χ1) is 28.3. The molecule has 57 heavy (non-hydrogen) atoms. The summed E-state index contributed by atoms with van der Waals surface area (Å²) < 4.78 is 12.9. The molecule has 0 saturated carbocycles. The Balaban J connectivity index is 1.03. The smallest absolute Gasteiger partial charge is 0.142 e. The largest absolute Gasteiger partial charge is 0.458 e. The zero-order valence-corrected chi connectivity index (χ0v) is 31.0. The van der Waals surface area contributed by atoms with E-state index in [0.29, 0.717) is 0 Å². The van der Waals surface area contributed by atoms with E-state index >= 15 is 0 Å². The Labute approximate surface area is 330 Å². The lowest BCUT2D eigenvalue weighted by molar-refractivity contribution is 0.495. The van der Waals surface area contributed by atoms with Crippen molar-refractivity contribution < 1.29 is 8.83 Å². The van der Waals surface area contributed by atoms with Gasteiger partial charge in [-0.1, -0.05) is 127 Å². The van der Waals surface area contributed by atoms with Gasteiger partial charge in [0.2, 0.25) is 0 Å². The number of para-hydroxylation sites is 2. The first kappa shape index (κ1) is 32.9. The number of nitrogens with one attached hydrogen (secondary N) is 2. The Morgan fingerprint density at radius 1 is 0.544 bits per heavy atom. The van der Waals surface area contributed by atoms with Gasteiger partial charge in [0.05, 0.1) is 5.69 Å². The number of fused-ring (bicyclic) bond motifs is 6. The summed E-state index contributed by atoms with van der Waals surface area (Å²) in [6.45, 7) is 0.739. The number of anilines is 3. The van der Waals surface area contributed by atoms with Crippen molar-refractivity contribution in [2.24, 2.45) is 0 Å². The molecule has 2 aliphatic heterocycles. The Morgan fingerprint density at radius 2 is 1.18 bits per heavy atom. The van der Waals surface area contributed by atoms with Crippen LogP contribution in [0.4, 0.5) is 17.1 Å². The molecule has 11 rings (SSSR count). The second kappa shape index (κ2) is 13.7. The van der Waals surface area contributed by atoms with Crippen molar-refractivity contribution in [3.63, 3.8) is 0 Å². The van der Waals surface area contributed by atoms with Crippen LogP contribution in [0.3, 0.4) is 0 Å². The molecule has 0 bridgehead atoms. The van der Waals surface area contributed by atoms with Crippen LogP contribution in [0.15, 0.2) is 197 Å². The van der Waals surface area contributed by atoms with Crippen molar-refractivity contribution in [2.45, 2.75) is 12.6 Å². The van der Waals surface area contributed by atoms with Gasteiger partial charge in [-0.2, -0.15) is 0 Å². The standard InChI is InChI=1S/C52H37N3O2/c1-3-11-34(12-4-1)38-23-28-47(44(31-38)35-13-5-2-6-14-35)55(39-24-19-36(20-25-39)45-32-53-33-46-42-16-8-10-18-49(42)56-51(45)46)40-26-21-37(22-27-40)50-52-43(29-30-54-50)41-15-7-9-17-48(41)57-52/h1-32,50,53-54H,33H2. The predicted octanol–water partition coefficient (Wildman–Crippen LogP) is 13.1. The summed E-state index contributed by atoms with van der Waals surface area (Å²) in [5.41, 5.74) is 15.2. The third-order valence-electron chi connectivity index (χ3n) is 11.3. The van der Waals surface area contributed by atoms with E-state index in [1.165, 1.54) is 16.7 Å². The van der Waals surface area contributed by atoms with Gasteiger partial charge in [0, 0.05) is 57.2 Å². The van der Waals surface area contributed by atoms with Crippen LogP contribution >= 0.6 is 0 Å². The Bertz CT molecular complexity index is 2970. The van der Waals surface area contributed by atoms with Crippen LogP contribution in [-0.2, 0) is 6.54 Å². The topological polar surface area (TPSA) is 53.6 Å². The third kappa shape index (κ3) is 5.71. The fourth-order valence-corrected chi connectivity index (χ4v) is 8.47. The molecule has 0 saturated heterocycles. The molecule has 9 aromatic rings. The highest BCUT2D eigenvalue weighted by Gasteiger charge is 2.27.